The molecule has 4 aromatic rings. The van der Waals surface area contributed by atoms with Gasteiger partial charge in [0.15, 0.2) is 0 Å². The zero-order valence-electron chi connectivity index (χ0n) is 19.0. The Morgan fingerprint density at radius 3 is 2.64 bits per heavy atom. The number of nitrogens with zero attached hydrogens (tertiary/aromatic N) is 3. The molecule has 1 aliphatic heterocycles. The van der Waals surface area contributed by atoms with Crippen molar-refractivity contribution in [3.05, 3.63) is 94.9 Å². The second kappa shape index (κ2) is 8.54. The number of rotatable bonds is 5. The van der Waals surface area contributed by atoms with Gasteiger partial charge in [-0.2, -0.15) is 5.10 Å². The summed E-state index contributed by atoms with van der Waals surface area (Å²) < 4.78 is 8.14. The maximum Gasteiger partial charge on any atom is 0.251 e. The number of aromatic nitrogens is 3. The third kappa shape index (κ3) is 4.12. The maximum absolute atomic E-state index is 12.7. The Morgan fingerprint density at radius 2 is 1.91 bits per heavy atom. The molecule has 166 valence electrons. The van der Waals surface area contributed by atoms with Crippen molar-refractivity contribution >= 4 is 5.91 Å². The van der Waals surface area contributed by atoms with Crippen LogP contribution in [-0.2, 0) is 6.42 Å². The standard InChI is InChI=1S/C27H26N4O2/c1-17-6-5-13-28-25(17)24-8-4-7-21-15-23(33-26(21)24)16-29-27(32)20-9-11-22(12-10-20)31-19(3)14-18(2)30-31/h4-14,23H,15-16H2,1-3H3,(H,29,32)/t23-/m0/s1. The average Bonchev–Trinajstić information content (AvgIpc) is 3.39. The van der Waals surface area contributed by atoms with Gasteiger partial charge in [-0.15, -0.1) is 0 Å². The van der Waals surface area contributed by atoms with Gasteiger partial charge in [0.25, 0.3) is 5.91 Å². The monoisotopic (exact) mass is 438 g/mol. The maximum atomic E-state index is 12.7. The summed E-state index contributed by atoms with van der Waals surface area (Å²) in [5.74, 6) is 0.753. The van der Waals surface area contributed by atoms with Crippen LogP contribution in [0.4, 0.5) is 0 Å². The highest BCUT2D eigenvalue weighted by molar-refractivity contribution is 5.94. The Morgan fingerprint density at radius 1 is 1.09 bits per heavy atom. The van der Waals surface area contributed by atoms with E-state index in [0.717, 1.165) is 51.6 Å². The quantitative estimate of drug-likeness (QED) is 0.495. The predicted molar refractivity (Wildman–Crippen MR) is 128 cm³/mol. The van der Waals surface area contributed by atoms with Crippen LogP contribution in [0.2, 0.25) is 0 Å². The number of nitrogens with one attached hydrogen (secondary N) is 1. The number of para-hydroxylation sites is 1. The van der Waals surface area contributed by atoms with Crippen LogP contribution in [0.15, 0.2) is 66.9 Å². The van der Waals surface area contributed by atoms with E-state index in [1.54, 1.807) is 6.20 Å². The average molecular weight is 439 g/mol. The number of hydrogen-bond acceptors (Lipinski definition) is 4. The molecule has 2 aromatic carbocycles. The molecule has 6 nitrogen and oxygen atoms in total. The van der Waals surface area contributed by atoms with Crippen LogP contribution in [0, 0.1) is 20.8 Å². The van der Waals surface area contributed by atoms with Crippen LogP contribution in [0.1, 0.15) is 32.9 Å². The van der Waals surface area contributed by atoms with Crippen molar-refractivity contribution in [1.29, 1.82) is 0 Å². The molecule has 0 saturated carbocycles. The Hall–Kier alpha value is -3.93. The molecule has 2 aromatic heterocycles. The minimum absolute atomic E-state index is 0.108. The van der Waals surface area contributed by atoms with Crippen LogP contribution in [0.3, 0.4) is 0 Å². The highest BCUT2D eigenvalue weighted by Gasteiger charge is 2.27. The van der Waals surface area contributed by atoms with E-state index >= 15 is 0 Å². The van der Waals surface area contributed by atoms with Gasteiger partial charge in [-0.25, -0.2) is 4.68 Å². The van der Waals surface area contributed by atoms with E-state index in [1.165, 1.54) is 0 Å². The molecule has 0 radical (unpaired) electrons. The first-order valence-corrected chi connectivity index (χ1v) is 11.1. The molecule has 33 heavy (non-hydrogen) atoms. The fourth-order valence-corrected chi connectivity index (χ4v) is 4.36. The second-order valence-corrected chi connectivity index (χ2v) is 8.50. The molecule has 1 N–H and O–H groups in total. The molecule has 0 fully saturated rings. The van der Waals surface area contributed by atoms with Crippen molar-refractivity contribution in [3.8, 4) is 22.7 Å². The van der Waals surface area contributed by atoms with E-state index < -0.39 is 0 Å². The van der Waals surface area contributed by atoms with Gasteiger partial charge in [0.2, 0.25) is 0 Å². The van der Waals surface area contributed by atoms with E-state index in [-0.39, 0.29) is 12.0 Å². The summed E-state index contributed by atoms with van der Waals surface area (Å²) >= 11 is 0. The largest absolute Gasteiger partial charge is 0.487 e. The Kier molecular flexibility index (Phi) is 5.42. The summed E-state index contributed by atoms with van der Waals surface area (Å²) in [6.07, 6.45) is 2.45. The highest BCUT2D eigenvalue weighted by Crippen LogP contribution is 2.38. The van der Waals surface area contributed by atoms with Crippen molar-refractivity contribution in [2.24, 2.45) is 0 Å². The van der Waals surface area contributed by atoms with Gasteiger partial charge in [-0.3, -0.25) is 9.78 Å². The Bertz CT molecular complexity index is 1320. The fourth-order valence-electron chi connectivity index (χ4n) is 4.36. The van der Waals surface area contributed by atoms with Gasteiger partial charge in [0.1, 0.15) is 11.9 Å². The summed E-state index contributed by atoms with van der Waals surface area (Å²) in [7, 11) is 0. The van der Waals surface area contributed by atoms with Crippen molar-refractivity contribution < 1.29 is 9.53 Å². The van der Waals surface area contributed by atoms with E-state index in [0.29, 0.717) is 12.1 Å². The molecule has 0 aliphatic carbocycles. The van der Waals surface area contributed by atoms with Crippen molar-refractivity contribution in [3.63, 3.8) is 0 Å². The molecule has 0 bridgehead atoms. The zero-order chi connectivity index (χ0) is 22.9. The number of hydrogen-bond donors (Lipinski definition) is 1. The molecule has 0 spiro atoms. The molecule has 1 amide bonds. The normalized spacial score (nSPS) is 14.6. The minimum Gasteiger partial charge on any atom is -0.487 e. The third-order valence-corrected chi connectivity index (χ3v) is 5.97. The number of carbonyl (C=O) groups is 1. The first kappa shape index (κ1) is 20.9. The molecule has 6 heteroatoms. The summed E-state index contributed by atoms with van der Waals surface area (Å²) in [6.45, 7) is 6.47. The number of ether oxygens (including phenoxy) is 1. The first-order chi connectivity index (χ1) is 16.0. The van der Waals surface area contributed by atoms with E-state index in [1.807, 2.05) is 67.1 Å². The lowest BCUT2D eigenvalue weighted by Crippen LogP contribution is -2.34. The van der Waals surface area contributed by atoms with Crippen LogP contribution in [-0.4, -0.2) is 33.3 Å². The lowest BCUT2D eigenvalue weighted by atomic mass is 10.0. The highest BCUT2D eigenvalue weighted by atomic mass is 16.5. The number of amides is 1. The van der Waals surface area contributed by atoms with Crippen LogP contribution >= 0.6 is 0 Å². The smallest absolute Gasteiger partial charge is 0.251 e. The Labute approximate surface area is 193 Å². The van der Waals surface area contributed by atoms with Crippen LogP contribution in [0.5, 0.6) is 5.75 Å². The number of carbonyl (C=O) groups excluding carboxylic acids is 1. The molecule has 5 rings (SSSR count). The lowest BCUT2D eigenvalue weighted by molar-refractivity contribution is 0.0933. The van der Waals surface area contributed by atoms with Crippen LogP contribution in [0.25, 0.3) is 16.9 Å². The minimum atomic E-state index is -0.115. The molecule has 0 unspecified atom stereocenters. The van der Waals surface area contributed by atoms with Crippen molar-refractivity contribution in [2.75, 3.05) is 6.54 Å². The van der Waals surface area contributed by atoms with Gasteiger partial charge < -0.3 is 10.1 Å². The molecular formula is C27H26N4O2. The van der Waals surface area contributed by atoms with Crippen LogP contribution < -0.4 is 10.1 Å². The van der Waals surface area contributed by atoms with E-state index in [4.69, 9.17) is 4.74 Å². The number of fused-ring (bicyclic) bond motifs is 1. The van der Waals surface area contributed by atoms with Gasteiger partial charge >= 0.3 is 0 Å². The number of benzene rings is 2. The van der Waals surface area contributed by atoms with Gasteiger partial charge in [0, 0.05) is 29.4 Å². The van der Waals surface area contributed by atoms with Gasteiger partial charge in [-0.05, 0) is 74.4 Å². The third-order valence-electron chi connectivity index (χ3n) is 5.97. The zero-order valence-corrected chi connectivity index (χ0v) is 19.0. The van der Waals surface area contributed by atoms with Gasteiger partial charge in [0.05, 0.1) is 23.6 Å². The molecule has 1 aliphatic rings. The topological polar surface area (TPSA) is 69.0 Å². The number of pyridine rings is 1. The number of aryl methyl sites for hydroxylation is 3. The second-order valence-electron chi connectivity index (χ2n) is 8.50. The fraction of sp³-hybridized carbons (Fsp3) is 0.222. The van der Waals surface area contributed by atoms with Gasteiger partial charge in [-0.1, -0.05) is 18.2 Å². The summed E-state index contributed by atoms with van der Waals surface area (Å²) in [4.78, 5) is 17.3. The predicted octanol–water partition coefficient (Wildman–Crippen LogP) is 4.59. The van der Waals surface area contributed by atoms with Crippen molar-refractivity contribution in [1.82, 2.24) is 20.1 Å². The molecule has 1 atom stereocenters. The van der Waals surface area contributed by atoms with Crippen molar-refractivity contribution in [2.45, 2.75) is 33.3 Å². The molecule has 3 heterocycles. The Balaban J connectivity index is 1.25. The summed E-state index contributed by atoms with van der Waals surface area (Å²) in [5.41, 5.74) is 7.75. The summed E-state index contributed by atoms with van der Waals surface area (Å²) in [5, 5.41) is 7.51. The molecular weight excluding hydrogens is 412 g/mol. The lowest BCUT2D eigenvalue weighted by Gasteiger charge is -2.14. The van der Waals surface area contributed by atoms with E-state index in [9.17, 15) is 4.79 Å². The SMILES string of the molecule is Cc1cc(C)n(-c2ccc(C(=O)NC[C@@H]3Cc4cccc(-c5ncccc5C)c4O3)cc2)n1. The van der Waals surface area contributed by atoms with E-state index in [2.05, 4.69) is 34.5 Å². The first-order valence-electron chi connectivity index (χ1n) is 11.1. The molecule has 0 saturated heterocycles. The summed E-state index contributed by atoms with van der Waals surface area (Å²) in [6, 6.07) is 19.7.